The van der Waals surface area contributed by atoms with Crippen LogP contribution in [0.25, 0.3) is 0 Å². The number of unbranched alkanes of at least 4 members (excludes halogenated alkanes) is 15. The van der Waals surface area contributed by atoms with Crippen LogP contribution in [-0.4, -0.2) is 37.2 Å². The topological polar surface area (TPSA) is 78.9 Å². The molecule has 340 valence electrons. The lowest BCUT2D eigenvalue weighted by Crippen LogP contribution is -2.30. The Morgan fingerprint density at radius 1 is 0.328 bits per heavy atom. The Bertz CT molecular complexity index is 1380. The summed E-state index contributed by atoms with van der Waals surface area (Å²) in [5, 5.41) is 0. The molecule has 0 aliphatic rings. The molecule has 0 aromatic rings. The Morgan fingerprint density at radius 2 is 0.590 bits per heavy atom. The van der Waals surface area contributed by atoms with Crippen molar-refractivity contribution in [1.29, 1.82) is 0 Å². The molecule has 61 heavy (non-hydrogen) atoms. The highest BCUT2D eigenvalue weighted by Crippen LogP contribution is 2.13. The summed E-state index contributed by atoms with van der Waals surface area (Å²) in [7, 11) is 0. The third-order valence-electron chi connectivity index (χ3n) is 9.38. The number of carbonyl (C=O) groups excluding carboxylic acids is 3. The van der Waals surface area contributed by atoms with Gasteiger partial charge in [0, 0.05) is 19.3 Å². The van der Waals surface area contributed by atoms with Crippen molar-refractivity contribution >= 4 is 17.9 Å². The maximum Gasteiger partial charge on any atom is 0.306 e. The average Bonchev–Trinajstić information content (AvgIpc) is 3.26. The van der Waals surface area contributed by atoms with Crippen molar-refractivity contribution in [2.45, 2.75) is 181 Å². The molecular formula is C55H84O6. The molecule has 0 saturated heterocycles. The molecule has 0 N–H and O–H groups in total. The van der Waals surface area contributed by atoms with Crippen LogP contribution in [0.5, 0.6) is 0 Å². The van der Waals surface area contributed by atoms with Crippen molar-refractivity contribution in [3.8, 4) is 0 Å². The van der Waals surface area contributed by atoms with Gasteiger partial charge >= 0.3 is 17.9 Å². The zero-order valence-electron chi connectivity index (χ0n) is 38.6. The van der Waals surface area contributed by atoms with Crippen molar-refractivity contribution in [1.82, 2.24) is 0 Å². The smallest absolute Gasteiger partial charge is 0.306 e. The molecule has 6 nitrogen and oxygen atoms in total. The van der Waals surface area contributed by atoms with E-state index in [0.717, 1.165) is 116 Å². The second kappa shape index (κ2) is 48.2. The number of hydrogen-bond donors (Lipinski definition) is 0. The van der Waals surface area contributed by atoms with E-state index in [-0.39, 0.29) is 31.1 Å². The molecule has 0 aliphatic carbocycles. The maximum absolute atomic E-state index is 12.8. The highest BCUT2D eigenvalue weighted by molar-refractivity contribution is 5.71. The zero-order valence-corrected chi connectivity index (χ0v) is 38.6. The van der Waals surface area contributed by atoms with E-state index in [1.807, 2.05) is 54.7 Å². The maximum atomic E-state index is 12.8. The van der Waals surface area contributed by atoms with Gasteiger partial charge in [-0.1, -0.05) is 212 Å². The Morgan fingerprint density at radius 3 is 0.934 bits per heavy atom. The van der Waals surface area contributed by atoms with E-state index in [1.54, 1.807) is 0 Å². The Labute approximate surface area is 373 Å². The van der Waals surface area contributed by atoms with Gasteiger partial charge in [-0.25, -0.2) is 0 Å². The Kier molecular flexibility index (Phi) is 44.7. The minimum atomic E-state index is -0.815. The second-order valence-corrected chi connectivity index (χ2v) is 15.1. The van der Waals surface area contributed by atoms with E-state index in [2.05, 4.69) is 99.8 Å². The summed E-state index contributed by atoms with van der Waals surface area (Å²) in [6, 6.07) is 0. The van der Waals surface area contributed by atoms with Gasteiger partial charge in [-0.05, 0) is 77.0 Å². The molecule has 0 radical (unpaired) electrons. The van der Waals surface area contributed by atoms with Crippen molar-refractivity contribution in [2.75, 3.05) is 13.2 Å². The van der Waals surface area contributed by atoms with Crippen LogP contribution in [0.2, 0.25) is 0 Å². The minimum absolute atomic E-state index is 0.113. The van der Waals surface area contributed by atoms with E-state index < -0.39 is 6.10 Å². The first kappa shape index (κ1) is 56.5. The summed E-state index contributed by atoms with van der Waals surface area (Å²) < 4.78 is 16.7. The summed E-state index contributed by atoms with van der Waals surface area (Å²) in [6.07, 6.45) is 67.1. The Hall–Kier alpha value is -4.45. The SMILES string of the molecule is CC\C=C/C=C\C=C/C=C\C=C/CCCCCC(=O)OCC(COC(=O)CCCCCCC\C=C/C=C\C=C/CC)OC(=O)CCCCCCCCC\C=C/C=C\C=C/CC. The van der Waals surface area contributed by atoms with Crippen LogP contribution in [0.15, 0.2) is 134 Å². The number of ether oxygens (including phenoxy) is 3. The van der Waals surface area contributed by atoms with Gasteiger partial charge in [0.1, 0.15) is 13.2 Å². The normalized spacial score (nSPS) is 13.3. The standard InChI is InChI=1S/C55H84O6/c1-4-7-10-13-16-19-22-25-27-30-33-36-39-42-45-48-54(57)60-51-52(50-59-53(56)47-44-41-38-35-32-29-24-21-18-15-12-9-6-3)61-55(58)49-46-43-40-37-34-31-28-26-23-20-17-14-11-8-5-2/h7-25,27,30,33,52H,4-6,26,28-29,31-32,34-51H2,1-3H3/b10-7-,11-8-,12-9-,16-13-,17-14-,18-15-,22-19-,23-20-,24-21-,27-25-,33-30-. The quantitative estimate of drug-likeness (QED) is 0.0265. The van der Waals surface area contributed by atoms with Crippen LogP contribution < -0.4 is 0 Å². The van der Waals surface area contributed by atoms with Crippen molar-refractivity contribution in [2.24, 2.45) is 0 Å². The summed E-state index contributed by atoms with van der Waals surface area (Å²) in [6.45, 7) is 6.13. The second-order valence-electron chi connectivity index (χ2n) is 15.1. The average molecular weight is 841 g/mol. The summed E-state index contributed by atoms with van der Waals surface area (Å²) in [5.41, 5.74) is 0. The van der Waals surface area contributed by atoms with Crippen LogP contribution >= 0.6 is 0 Å². The van der Waals surface area contributed by atoms with E-state index in [9.17, 15) is 14.4 Å². The molecule has 0 aromatic carbocycles. The zero-order chi connectivity index (χ0) is 44.4. The number of esters is 3. The fourth-order valence-corrected chi connectivity index (χ4v) is 5.87. The van der Waals surface area contributed by atoms with Crippen LogP contribution in [0.4, 0.5) is 0 Å². The van der Waals surface area contributed by atoms with Crippen LogP contribution in [0, 0.1) is 0 Å². The number of rotatable bonds is 40. The molecule has 0 amide bonds. The van der Waals surface area contributed by atoms with Gasteiger partial charge < -0.3 is 14.2 Å². The molecule has 0 bridgehead atoms. The number of allylic oxidation sites excluding steroid dienone is 22. The molecule has 0 spiro atoms. The summed E-state index contributed by atoms with van der Waals surface area (Å²) in [4.78, 5) is 37.9. The highest BCUT2D eigenvalue weighted by Gasteiger charge is 2.19. The molecule has 0 rings (SSSR count). The molecule has 0 aromatic heterocycles. The molecule has 0 fully saturated rings. The van der Waals surface area contributed by atoms with E-state index in [1.165, 1.54) is 19.3 Å². The summed E-state index contributed by atoms with van der Waals surface area (Å²) >= 11 is 0. The van der Waals surface area contributed by atoms with Gasteiger partial charge in [0.25, 0.3) is 0 Å². The van der Waals surface area contributed by atoms with Gasteiger partial charge in [0.15, 0.2) is 6.10 Å². The molecule has 1 unspecified atom stereocenters. The lowest BCUT2D eigenvalue weighted by Gasteiger charge is -2.18. The molecule has 0 saturated carbocycles. The number of hydrogen-bond acceptors (Lipinski definition) is 6. The van der Waals surface area contributed by atoms with Gasteiger partial charge in [-0.2, -0.15) is 0 Å². The largest absolute Gasteiger partial charge is 0.462 e. The molecule has 6 heteroatoms. The first-order chi connectivity index (χ1) is 30.0. The third kappa shape index (κ3) is 46.5. The van der Waals surface area contributed by atoms with Crippen molar-refractivity contribution in [3.63, 3.8) is 0 Å². The van der Waals surface area contributed by atoms with Gasteiger partial charge in [0.2, 0.25) is 0 Å². The number of carbonyl (C=O) groups is 3. The first-order valence-electron chi connectivity index (χ1n) is 23.8. The first-order valence-corrected chi connectivity index (χ1v) is 23.8. The minimum Gasteiger partial charge on any atom is -0.462 e. The van der Waals surface area contributed by atoms with E-state index in [4.69, 9.17) is 14.2 Å². The highest BCUT2D eigenvalue weighted by atomic mass is 16.6. The predicted octanol–water partition coefficient (Wildman–Crippen LogP) is 15.5. The van der Waals surface area contributed by atoms with Crippen molar-refractivity contribution < 1.29 is 28.6 Å². The van der Waals surface area contributed by atoms with E-state index >= 15 is 0 Å². The van der Waals surface area contributed by atoms with Crippen molar-refractivity contribution in [3.05, 3.63) is 134 Å². The van der Waals surface area contributed by atoms with Crippen LogP contribution in [0.3, 0.4) is 0 Å². The van der Waals surface area contributed by atoms with E-state index in [0.29, 0.717) is 19.3 Å². The van der Waals surface area contributed by atoms with Gasteiger partial charge in [0.05, 0.1) is 0 Å². The monoisotopic (exact) mass is 841 g/mol. The molecule has 0 heterocycles. The molecule has 0 aliphatic heterocycles. The lowest BCUT2D eigenvalue weighted by molar-refractivity contribution is -0.167. The molecular weight excluding hydrogens is 757 g/mol. The Balaban J connectivity index is 4.55. The predicted molar refractivity (Wildman–Crippen MR) is 260 cm³/mol. The fraction of sp³-hybridized carbons (Fsp3) is 0.545. The van der Waals surface area contributed by atoms with Crippen LogP contribution in [0.1, 0.15) is 175 Å². The summed E-state index contributed by atoms with van der Waals surface area (Å²) in [5.74, 6) is -1.00. The molecule has 1 atom stereocenters. The van der Waals surface area contributed by atoms with Gasteiger partial charge in [-0.3, -0.25) is 14.4 Å². The third-order valence-corrected chi connectivity index (χ3v) is 9.38. The van der Waals surface area contributed by atoms with Gasteiger partial charge in [-0.15, -0.1) is 0 Å². The fourth-order valence-electron chi connectivity index (χ4n) is 5.87. The lowest BCUT2D eigenvalue weighted by atomic mass is 10.1. The van der Waals surface area contributed by atoms with Crippen LogP contribution in [-0.2, 0) is 28.6 Å².